The van der Waals surface area contributed by atoms with Crippen LogP contribution in [0.15, 0.2) is 12.5 Å². The number of aliphatic hydroxyl groups is 1. The molecule has 0 aliphatic heterocycles. The van der Waals surface area contributed by atoms with Crippen molar-refractivity contribution in [2.24, 2.45) is 12.5 Å². The van der Waals surface area contributed by atoms with E-state index >= 15 is 0 Å². The minimum Gasteiger partial charge on any atom is -0.396 e. The maximum absolute atomic E-state index is 9.01. The maximum atomic E-state index is 9.01. The molecule has 0 unspecified atom stereocenters. The average molecular weight is 249 g/mol. The molecule has 2 N–H and O–H groups in total. The second kappa shape index (κ2) is 4.89. The third-order valence-electron chi connectivity index (χ3n) is 3.05. The van der Waals surface area contributed by atoms with E-state index in [2.05, 4.69) is 34.2 Å². The Hall–Kier alpha value is -1.69. The first kappa shape index (κ1) is 12.8. The first-order valence-corrected chi connectivity index (χ1v) is 6.01. The van der Waals surface area contributed by atoms with Crippen LogP contribution in [0, 0.1) is 5.41 Å². The molecule has 6 nitrogen and oxygen atoms in total. The molecule has 18 heavy (non-hydrogen) atoms. The number of hydrogen-bond donors (Lipinski definition) is 2. The third kappa shape index (κ3) is 2.59. The van der Waals surface area contributed by atoms with E-state index < -0.39 is 0 Å². The lowest BCUT2D eigenvalue weighted by molar-refractivity contribution is 0.220. The van der Waals surface area contributed by atoms with E-state index in [0.717, 1.165) is 29.8 Å². The largest absolute Gasteiger partial charge is 0.396 e. The van der Waals surface area contributed by atoms with Crippen LogP contribution in [0.3, 0.4) is 0 Å². The molecule has 2 aromatic heterocycles. The van der Waals surface area contributed by atoms with Gasteiger partial charge in [-0.25, -0.2) is 9.97 Å². The van der Waals surface area contributed by atoms with Crippen LogP contribution in [0.2, 0.25) is 0 Å². The second-order valence-electron chi connectivity index (χ2n) is 5.22. The fourth-order valence-electron chi connectivity index (χ4n) is 1.82. The van der Waals surface area contributed by atoms with Crippen LogP contribution < -0.4 is 5.32 Å². The number of nitrogens with zero attached hydrogens (tertiary/aromatic N) is 4. The van der Waals surface area contributed by atoms with Crippen LogP contribution in [0.1, 0.15) is 20.3 Å². The van der Waals surface area contributed by atoms with Crippen LogP contribution >= 0.6 is 0 Å². The molecule has 6 heteroatoms. The van der Waals surface area contributed by atoms with Gasteiger partial charge in [-0.3, -0.25) is 4.68 Å². The highest BCUT2D eigenvalue weighted by Gasteiger charge is 2.18. The summed E-state index contributed by atoms with van der Waals surface area (Å²) in [7, 11) is 1.86. The number of nitrogens with one attached hydrogen (secondary N) is 1. The molecule has 2 heterocycles. The van der Waals surface area contributed by atoms with Crippen molar-refractivity contribution in [3.8, 4) is 0 Å². The van der Waals surface area contributed by atoms with E-state index in [1.807, 2.05) is 7.05 Å². The van der Waals surface area contributed by atoms with Crippen molar-refractivity contribution in [3.63, 3.8) is 0 Å². The Labute approximate surface area is 106 Å². The van der Waals surface area contributed by atoms with Gasteiger partial charge in [0.15, 0.2) is 5.65 Å². The van der Waals surface area contributed by atoms with Crippen molar-refractivity contribution in [1.82, 2.24) is 19.7 Å². The molecular weight excluding hydrogens is 230 g/mol. The number of aryl methyl sites for hydroxylation is 1. The Balaban J connectivity index is 2.17. The lowest BCUT2D eigenvalue weighted by atomic mass is 9.90. The van der Waals surface area contributed by atoms with Gasteiger partial charge >= 0.3 is 0 Å². The lowest BCUT2D eigenvalue weighted by Gasteiger charge is -2.24. The molecular formula is C12H19N5O. The van der Waals surface area contributed by atoms with Crippen molar-refractivity contribution in [1.29, 1.82) is 0 Å². The molecule has 0 aromatic carbocycles. The zero-order chi connectivity index (χ0) is 13.2. The van der Waals surface area contributed by atoms with Gasteiger partial charge < -0.3 is 10.4 Å². The Morgan fingerprint density at radius 3 is 2.89 bits per heavy atom. The summed E-state index contributed by atoms with van der Waals surface area (Å²) in [6.07, 6.45) is 4.05. The molecule has 0 radical (unpaired) electrons. The summed E-state index contributed by atoms with van der Waals surface area (Å²) in [4.78, 5) is 8.44. The van der Waals surface area contributed by atoms with Gasteiger partial charge in [0.25, 0.3) is 0 Å². The number of hydrogen-bond acceptors (Lipinski definition) is 5. The SMILES string of the molecule is Cn1ncc2c(NCC(C)(C)CCO)ncnc21. The monoisotopic (exact) mass is 249 g/mol. The van der Waals surface area contributed by atoms with E-state index in [4.69, 9.17) is 5.11 Å². The number of aromatic nitrogens is 4. The summed E-state index contributed by atoms with van der Waals surface area (Å²) >= 11 is 0. The average Bonchev–Trinajstić information content (AvgIpc) is 2.69. The van der Waals surface area contributed by atoms with E-state index in [1.165, 1.54) is 6.33 Å². The predicted molar refractivity (Wildman–Crippen MR) is 70.3 cm³/mol. The molecule has 98 valence electrons. The quantitative estimate of drug-likeness (QED) is 0.832. The zero-order valence-corrected chi connectivity index (χ0v) is 11.0. The van der Waals surface area contributed by atoms with Crippen molar-refractivity contribution >= 4 is 16.9 Å². The van der Waals surface area contributed by atoms with Gasteiger partial charge in [0, 0.05) is 20.2 Å². The summed E-state index contributed by atoms with van der Waals surface area (Å²) in [5, 5.41) is 17.4. The van der Waals surface area contributed by atoms with Gasteiger partial charge in [-0.2, -0.15) is 5.10 Å². The molecule has 0 amide bonds. The van der Waals surface area contributed by atoms with E-state index in [1.54, 1.807) is 10.9 Å². The van der Waals surface area contributed by atoms with Gasteiger partial charge in [0.1, 0.15) is 12.1 Å². The Morgan fingerprint density at radius 2 is 2.17 bits per heavy atom. The Bertz CT molecular complexity index is 534. The third-order valence-corrected chi connectivity index (χ3v) is 3.05. The van der Waals surface area contributed by atoms with E-state index in [-0.39, 0.29) is 12.0 Å². The van der Waals surface area contributed by atoms with Crippen LogP contribution in [0.5, 0.6) is 0 Å². The van der Waals surface area contributed by atoms with Crippen LogP contribution in [0.25, 0.3) is 11.0 Å². The molecule has 0 bridgehead atoms. The molecule has 0 saturated heterocycles. The van der Waals surface area contributed by atoms with Crippen molar-refractivity contribution in [2.75, 3.05) is 18.5 Å². The van der Waals surface area contributed by atoms with Gasteiger partial charge in [-0.05, 0) is 11.8 Å². The van der Waals surface area contributed by atoms with Gasteiger partial charge in [0.05, 0.1) is 11.6 Å². The van der Waals surface area contributed by atoms with Gasteiger partial charge in [0.2, 0.25) is 0 Å². The first-order valence-electron chi connectivity index (χ1n) is 6.01. The van der Waals surface area contributed by atoms with Crippen LogP contribution in [0.4, 0.5) is 5.82 Å². The highest BCUT2D eigenvalue weighted by atomic mass is 16.3. The van der Waals surface area contributed by atoms with E-state index in [0.29, 0.717) is 0 Å². The predicted octanol–water partition coefficient (Wildman–Crippen LogP) is 1.18. The highest BCUT2D eigenvalue weighted by molar-refractivity contribution is 5.85. The standard InChI is InChI=1S/C12H19N5O/c1-12(2,4-5-18)7-13-10-9-6-16-17(3)11(9)15-8-14-10/h6,8,18H,4-5,7H2,1-3H3,(H,13,14,15). The molecule has 0 aliphatic carbocycles. The number of aliphatic hydroxyl groups excluding tert-OH is 1. The fourth-order valence-corrected chi connectivity index (χ4v) is 1.82. The molecule has 0 spiro atoms. The number of rotatable bonds is 5. The summed E-state index contributed by atoms with van der Waals surface area (Å²) in [5.41, 5.74) is 0.835. The highest BCUT2D eigenvalue weighted by Crippen LogP contribution is 2.23. The van der Waals surface area contributed by atoms with E-state index in [9.17, 15) is 0 Å². The lowest BCUT2D eigenvalue weighted by Crippen LogP contribution is -2.24. The van der Waals surface area contributed by atoms with Crippen molar-refractivity contribution in [2.45, 2.75) is 20.3 Å². The summed E-state index contributed by atoms with van der Waals surface area (Å²) < 4.78 is 1.72. The molecule has 0 fully saturated rings. The Kier molecular flexibility index (Phi) is 3.47. The summed E-state index contributed by atoms with van der Waals surface area (Å²) in [6.45, 7) is 5.16. The normalized spacial score (nSPS) is 12.0. The summed E-state index contributed by atoms with van der Waals surface area (Å²) in [5.74, 6) is 0.791. The van der Waals surface area contributed by atoms with Gasteiger partial charge in [-0.15, -0.1) is 0 Å². The summed E-state index contributed by atoms with van der Waals surface area (Å²) in [6, 6.07) is 0. The fraction of sp³-hybridized carbons (Fsp3) is 0.583. The maximum Gasteiger partial charge on any atom is 0.163 e. The van der Waals surface area contributed by atoms with Crippen molar-refractivity contribution in [3.05, 3.63) is 12.5 Å². The number of anilines is 1. The van der Waals surface area contributed by atoms with Crippen molar-refractivity contribution < 1.29 is 5.11 Å². The molecule has 0 saturated carbocycles. The molecule has 0 aliphatic rings. The topological polar surface area (TPSA) is 75.9 Å². The second-order valence-corrected chi connectivity index (χ2v) is 5.22. The minimum absolute atomic E-state index is 0.0221. The Morgan fingerprint density at radius 1 is 1.39 bits per heavy atom. The molecule has 2 aromatic rings. The van der Waals surface area contributed by atoms with Crippen LogP contribution in [-0.4, -0.2) is 38.0 Å². The van der Waals surface area contributed by atoms with Gasteiger partial charge in [-0.1, -0.05) is 13.8 Å². The first-order chi connectivity index (χ1) is 8.53. The molecule has 2 rings (SSSR count). The smallest absolute Gasteiger partial charge is 0.163 e. The number of fused-ring (bicyclic) bond motifs is 1. The molecule has 0 atom stereocenters. The minimum atomic E-state index is 0.0221. The van der Waals surface area contributed by atoms with Crippen LogP contribution in [-0.2, 0) is 7.05 Å². The zero-order valence-electron chi connectivity index (χ0n) is 11.0.